The molecule has 1 saturated heterocycles. The maximum atomic E-state index is 10.7. The summed E-state index contributed by atoms with van der Waals surface area (Å²) in [5, 5.41) is 8.84. The van der Waals surface area contributed by atoms with Crippen LogP contribution in [-0.4, -0.2) is 35.1 Å². The Hall–Kier alpha value is -1.35. The second-order valence-corrected chi connectivity index (χ2v) is 4.68. The van der Waals surface area contributed by atoms with Crippen LogP contribution < -0.4 is 0 Å². The number of rotatable bonds is 5. The third-order valence-corrected chi connectivity index (χ3v) is 3.45. The summed E-state index contributed by atoms with van der Waals surface area (Å²) in [6, 6.07) is 10.9. The number of aryl methyl sites for hydroxylation is 1. The molecule has 1 aromatic rings. The second kappa shape index (κ2) is 5.82. The predicted octanol–water partition coefficient (Wildman–Crippen LogP) is 2.17. The molecule has 0 radical (unpaired) electrons. The first kappa shape index (κ1) is 12.1. The Balaban J connectivity index is 1.84. The first-order chi connectivity index (χ1) is 8.25. The standard InChI is InChI=1S/C14H19NO2/c16-14(17)11-15-10-4-7-13(15)9-8-12-5-2-1-3-6-12/h1-3,5-6,13H,4,7-11H2,(H,16,17). The number of hydrogen-bond acceptors (Lipinski definition) is 2. The van der Waals surface area contributed by atoms with Crippen LogP contribution in [0.25, 0.3) is 0 Å². The lowest BCUT2D eigenvalue weighted by molar-refractivity contribution is -0.138. The molecule has 0 saturated carbocycles. The highest BCUT2D eigenvalue weighted by molar-refractivity contribution is 5.69. The summed E-state index contributed by atoms with van der Waals surface area (Å²) in [5.74, 6) is -0.711. The average Bonchev–Trinajstić information content (AvgIpc) is 2.74. The Kier molecular flexibility index (Phi) is 4.15. The Morgan fingerprint density at radius 1 is 1.35 bits per heavy atom. The lowest BCUT2D eigenvalue weighted by Crippen LogP contribution is -2.34. The molecular weight excluding hydrogens is 214 g/mol. The molecular formula is C14H19NO2. The van der Waals surface area contributed by atoms with E-state index in [1.54, 1.807) is 0 Å². The van der Waals surface area contributed by atoms with E-state index in [4.69, 9.17) is 5.11 Å². The number of aliphatic carboxylic acids is 1. The minimum atomic E-state index is -0.711. The lowest BCUT2D eigenvalue weighted by atomic mass is 10.0. The number of benzene rings is 1. The normalized spacial score (nSPS) is 20.6. The third-order valence-electron chi connectivity index (χ3n) is 3.45. The molecule has 1 heterocycles. The van der Waals surface area contributed by atoms with E-state index < -0.39 is 5.97 Å². The van der Waals surface area contributed by atoms with Gasteiger partial charge >= 0.3 is 5.97 Å². The quantitative estimate of drug-likeness (QED) is 0.847. The van der Waals surface area contributed by atoms with Gasteiger partial charge in [0.05, 0.1) is 6.54 Å². The average molecular weight is 233 g/mol. The fourth-order valence-electron chi connectivity index (χ4n) is 2.58. The van der Waals surface area contributed by atoms with E-state index in [0.29, 0.717) is 6.04 Å². The summed E-state index contributed by atoms with van der Waals surface area (Å²) in [6.45, 7) is 1.13. The molecule has 0 amide bonds. The van der Waals surface area contributed by atoms with Crippen LogP contribution in [0.4, 0.5) is 0 Å². The van der Waals surface area contributed by atoms with Crippen LogP contribution in [0.15, 0.2) is 30.3 Å². The summed E-state index contributed by atoms with van der Waals surface area (Å²) >= 11 is 0. The molecule has 2 rings (SSSR count). The van der Waals surface area contributed by atoms with Gasteiger partial charge in [-0.2, -0.15) is 0 Å². The zero-order valence-corrected chi connectivity index (χ0v) is 10.0. The molecule has 1 aliphatic heterocycles. The minimum Gasteiger partial charge on any atom is -0.480 e. The fraction of sp³-hybridized carbons (Fsp3) is 0.500. The van der Waals surface area contributed by atoms with Crippen molar-refractivity contribution in [1.82, 2.24) is 4.90 Å². The van der Waals surface area contributed by atoms with E-state index in [0.717, 1.165) is 32.2 Å². The van der Waals surface area contributed by atoms with Crippen LogP contribution in [0.2, 0.25) is 0 Å². The second-order valence-electron chi connectivity index (χ2n) is 4.68. The molecule has 1 unspecified atom stereocenters. The SMILES string of the molecule is O=C(O)CN1CCCC1CCc1ccccc1. The summed E-state index contributed by atoms with van der Waals surface area (Å²) in [6.07, 6.45) is 4.38. The van der Waals surface area contributed by atoms with Crippen LogP contribution >= 0.6 is 0 Å². The number of carboxylic acids is 1. The maximum absolute atomic E-state index is 10.7. The summed E-state index contributed by atoms with van der Waals surface area (Å²) in [7, 11) is 0. The number of carbonyl (C=O) groups is 1. The molecule has 3 heteroatoms. The van der Waals surface area contributed by atoms with Crippen molar-refractivity contribution in [2.75, 3.05) is 13.1 Å². The fourth-order valence-corrected chi connectivity index (χ4v) is 2.58. The van der Waals surface area contributed by atoms with Crippen molar-refractivity contribution in [3.8, 4) is 0 Å². The summed E-state index contributed by atoms with van der Waals surface area (Å²) in [5.41, 5.74) is 1.34. The van der Waals surface area contributed by atoms with Gasteiger partial charge in [-0.1, -0.05) is 30.3 Å². The first-order valence-electron chi connectivity index (χ1n) is 6.25. The monoisotopic (exact) mass is 233 g/mol. The van der Waals surface area contributed by atoms with Crippen LogP contribution in [0.5, 0.6) is 0 Å². The van der Waals surface area contributed by atoms with E-state index in [1.807, 2.05) is 6.07 Å². The Morgan fingerprint density at radius 2 is 2.12 bits per heavy atom. The molecule has 17 heavy (non-hydrogen) atoms. The lowest BCUT2D eigenvalue weighted by Gasteiger charge is -2.22. The van der Waals surface area contributed by atoms with Gasteiger partial charge in [0.1, 0.15) is 0 Å². The van der Waals surface area contributed by atoms with Gasteiger partial charge in [-0.25, -0.2) is 0 Å². The maximum Gasteiger partial charge on any atom is 0.317 e. The van der Waals surface area contributed by atoms with E-state index in [1.165, 1.54) is 5.56 Å². The number of likely N-dealkylation sites (tertiary alicyclic amines) is 1. The van der Waals surface area contributed by atoms with Crippen molar-refractivity contribution in [3.63, 3.8) is 0 Å². The Labute approximate surface area is 102 Å². The molecule has 1 aliphatic rings. The number of carboxylic acid groups (broad SMARTS) is 1. The predicted molar refractivity (Wildman–Crippen MR) is 67.0 cm³/mol. The van der Waals surface area contributed by atoms with Crippen molar-refractivity contribution >= 4 is 5.97 Å². The van der Waals surface area contributed by atoms with Crippen molar-refractivity contribution in [2.45, 2.75) is 31.7 Å². The number of hydrogen-bond donors (Lipinski definition) is 1. The van der Waals surface area contributed by atoms with Crippen molar-refractivity contribution in [3.05, 3.63) is 35.9 Å². The van der Waals surface area contributed by atoms with E-state index in [9.17, 15) is 4.79 Å². The van der Waals surface area contributed by atoms with E-state index >= 15 is 0 Å². The van der Waals surface area contributed by atoms with Gasteiger partial charge < -0.3 is 5.11 Å². The molecule has 0 aliphatic carbocycles. The van der Waals surface area contributed by atoms with Crippen LogP contribution in [0.3, 0.4) is 0 Å². The van der Waals surface area contributed by atoms with Crippen LogP contribution in [-0.2, 0) is 11.2 Å². The van der Waals surface area contributed by atoms with Gasteiger partial charge in [0.25, 0.3) is 0 Å². The van der Waals surface area contributed by atoms with Gasteiger partial charge in [0, 0.05) is 6.04 Å². The van der Waals surface area contributed by atoms with E-state index in [2.05, 4.69) is 29.2 Å². The molecule has 92 valence electrons. The highest BCUT2D eigenvalue weighted by Gasteiger charge is 2.25. The summed E-state index contributed by atoms with van der Waals surface area (Å²) in [4.78, 5) is 12.8. The molecule has 1 N–H and O–H groups in total. The van der Waals surface area contributed by atoms with E-state index in [-0.39, 0.29) is 6.54 Å². The first-order valence-corrected chi connectivity index (χ1v) is 6.25. The molecule has 3 nitrogen and oxygen atoms in total. The number of nitrogens with zero attached hydrogens (tertiary/aromatic N) is 1. The zero-order valence-electron chi connectivity index (χ0n) is 10.0. The minimum absolute atomic E-state index is 0.194. The van der Waals surface area contributed by atoms with Gasteiger partial charge in [-0.3, -0.25) is 9.69 Å². The molecule has 0 spiro atoms. The third kappa shape index (κ3) is 3.56. The smallest absolute Gasteiger partial charge is 0.317 e. The van der Waals surface area contributed by atoms with Gasteiger partial charge in [-0.05, 0) is 37.8 Å². The van der Waals surface area contributed by atoms with Gasteiger partial charge in [-0.15, -0.1) is 0 Å². The Bertz CT molecular complexity index is 364. The van der Waals surface area contributed by atoms with Crippen LogP contribution in [0.1, 0.15) is 24.8 Å². The molecule has 0 aromatic heterocycles. The zero-order chi connectivity index (χ0) is 12.1. The molecule has 1 fully saturated rings. The van der Waals surface area contributed by atoms with Crippen molar-refractivity contribution < 1.29 is 9.90 Å². The van der Waals surface area contributed by atoms with Crippen LogP contribution in [0, 0.1) is 0 Å². The molecule has 1 aromatic carbocycles. The largest absolute Gasteiger partial charge is 0.480 e. The Morgan fingerprint density at radius 3 is 2.82 bits per heavy atom. The topological polar surface area (TPSA) is 40.5 Å². The summed E-state index contributed by atoms with van der Waals surface area (Å²) < 4.78 is 0. The highest BCUT2D eigenvalue weighted by Crippen LogP contribution is 2.21. The van der Waals surface area contributed by atoms with Crippen molar-refractivity contribution in [2.24, 2.45) is 0 Å². The van der Waals surface area contributed by atoms with Crippen molar-refractivity contribution in [1.29, 1.82) is 0 Å². The highest BCUT2D eigenvalue weighted by atomic mass is 16.4. The van der Waals surface area contributed by atoms with Gasteiger partial charge in [0.2, 0.25) is 0 Å². The molecule has 1 atom stereocenters. The van der Waals surface area contributed by atoms with Gasteiger partial charge in [0.15, 0.2) is 0 Å². The molecule has 0 bridgehead atoms.